The first-order valence-electron chi connectivity index (χ1n) is 6.10. The number of hydrogen-bond donors (Lipinski definition) is 1. The van der Waals surface area contributed by atoms with Crippen LogP contribution in [0.5, 0.6) is 5.88 Å². The van der Waals surface area contributed by atoms with Gasteiger partial charge < -0.3 is 14.8 Å². The van der Waals surface area contributed by atoms with E-state index in [2.05, 4.69) is 15.3 Å². The third-order valence-electron chi connectivity index (χ3n) is 2.92. The number of hydrogen-bond acceptors (Lipinski definition) is 5. The van der Waals surface area contributed by atoms with Crippen molar-refractivity contribution in [2.24, 2.45) is 0 Å². The zero-order valence-electron chi connectivity index (χ0n) is 10.2. The Hall–Kier alpha value is -1.36. The minimum atomic E-state index is 0.469. The van der Waals surface area contributed by atoms with Gasteiger partial charge in [0.05, 0.1) is 19.8 Å². The van der Waals surface area contributed by atoms with Crippen LogP contribution < -0.4 is 10.1 Å². The fraction of sp³-hybridized carbons (Fsp3) is 0.667. The highest BCUT2D eigenvalue weighted by Crippen LogP contribution is 2.20. The lowest BCUT2D eigenvalue weighted by Gasteiger charge is -2.11. The van der Waals surface area contributed by atoms with Gasteiger partial charge in [-0.15, -0.1) is 0 Å². The standard InChI is InChI=1S/C12H19N3O2/c1-16-12-8-11(14-9-15-12)13-6-7-17-10-4-2-3-5-10/h8-10H,2-7H2,1H3,(H,13,14,15). The summed E-state index contributed by atoms with van der Waals surface area (Å²) >= 11 is 0. The molecule has 94 valence electrons. The monoisotopic (exact) mass is 237 g/mol. The maximum absolute atomic E-state index is 5.74. The van der Waals surface area contributed by atoms with Crippen LogP contribution in [0.25, 0.3) is 0 Å². The van der Waals surface area contributed by atoms with Crippen LogP contribution in [0.2, 0.25) is 0 Å². The number of anilines is 1. The van der Waals surface area contributed by atoms with E-state index in [1.807, 2.05) is 0 Å². The molecule has 0 unspecified atom stereocenters. The van der Waals surface area contributed by atoms with Gasteiger partial charge in [0, 0.05) is 12.6 Å². The number of aromatic nitrogens is 2. The molecule has 0 amide bonds. The molecule has 5 heteroatoms. The molecule has 5 nitrogen and oxygen atoms in total. The van der Waals surface area contributed by atoms with Gasteiger partial charge >= 0.3 is 0 Å². The van der Waals surface area contributed by atoms with E-state index in [0.717, 1.165) is 19.0 Å². The molecule has 0 aliphatic heterocycles. The van der Waals surface area contributed by atoms with Gasteiger partial charge in [0.2, 0.25) is 5.88 Å². The molecule has 1 fully saturated rings. The Morgan fingerprint density at radius 3 is 2.94 bits per heavy atom. The Morgan fingerprint density at radius 2 is 2.18 bits per heavy atom. The first kappa shape index (κ1) is 12.1. The summed E-state index contributed by atoms with van der Waals surface area (Å²) in [6, 6.07) is 1.77. The molecule has 0 bridgehead atoms. The van der Waals surface area contributed by atoms with Gasteiger partial charge in [-0.3, -0.25) is 0 Å². The van der Waals surface area contributed by atoms with Gasteiger partial charge in [0.25, 0.3) is 0 Å². The Bertz CT molecular complexity index is 340. The number of rotatable bonds is 6. The maximum Gasteiger partial charge on any atom is 0.218 e. The zero-order chi connectivity index (χ0) is 11.9. The van der Waals surface area contributed by atoms with Crippen molar-refractivity contribution >= 4 is 5.82 Å². The Balaban J connectivity index is 1.66. The molecule has 0 radical (unpaired) electrons. The summed E-state index contributed by atoms with van der Waals surface area (Å²) in [7, 11) is 1.59. The van der Waals surface area contributed by atoms with Gasteiger partial charge in [-0.2, -0.15) is 0 Å². The molecule has 17 heavy (non-hydrogen) atoms. The van der Waals surface area contributed by atoms with Gasteiger partial charge in [-0.25, -0.2) is 9.97 Å². The summed E-state index contributed by atoms with van der Waals surface area (Å²) in [4.78, 5) is 8.04. The Kier molecular flexibility index (Phi) is 4.55. The average Bonchev–Trinajstić information content (AvgIpc) is 2.88. The fourth-order valence-corrected chi connectivity index (χ4v) is 2.01. The van der Waals surface area contributed by atoms with Crippen molar-refractivity contribution in [1.29, 1.82) is 0 Å². The molecular formula is C12H19N3O2. The van der Waals surface area contributed by atoms with Crippen LogP contribution in [0.15, 0.2) is 12.4 Å². The molecule has 1 aromatic rings. The first-order valence-corrected chi connectivity index (χ1v) is 6.10. The third kappa shape index (κ3) is 3.85. The predicted molar refractivity (Wildman–Crippen MR) is 65.3 cm³/mol. The van der Waals surface area contributed by atoms with E-state index >= 15 is 0 Å². The van der Waals surface area contributed by atoms with Gasteiger partial charge in [0.1, 0.15) is 12.1 Å². The second-order valence-electron chi connectivity index (χ2n) is 4.15. The lowest BCUT2D eigenvalue weighted by Crippen LogP contribution is -2.15. The lowest BCUT2D eigenvalue weighted by atomic mass is 10.3. The minimum absolute atomic E-state index is 0.469. The second-order valence-corrected chi connectivity index (χ2v) is 4.15. The Morgan fingerprint density at radius 1 is 1.35 bits per heavy atom. The third-order valence-corrected chi connectivity index (χ3v) is 2.92. The molecule has 1 saturated carbocycles. The normalized spacial score (nSPS) is 16.1. The molecule has 1 N–H and O–H groups in total. The number of nitrogens with zero attached hydrogens (tertiary/aromatic N) is 2. The number of methoxy groups -OCH3 is 1. The maximum atomic E-state index is 5.74. The van der Waals surface area contributed by atoms with Crippen molar-refractivity contribution in [3.8, 4) is 5.88 Å². The SMILES string of the molecule is COc1cc(NCCOC2CCCC2)ncn1. The fourth-order valence-electron chi connectivity index (χ4n) is 2.01. The largest absolute Gasteiger partial charge is 0.481 e. The zero-order valence-corrected chi connectivity index (χ0v) is 10.2. The van der Waals surface area contributed by atoms with Crippen LogP contribution in [0.1, 0.15) is 25.7 Å². The molecule has 1 aliphatic rings. The van der Waals surface area contributed by atoms with E-state index in [0.29, 0.717) is 12.0 Å². The molecule has 0 saturated heterocycles. The van der Waals surface area contributed by atoms with Crippen molar-refractivity contribution in [1.82, 2.24) is 9.97 Å². The van der Waals surface area contributed by atoms with Crippen LogP contribution in [0.4, 0.5) is 5.82 Å². The van der Waals surface area contributed by atoms with E-state index in [-0.39, 0.29) is 0 Å². The summed E-state index contributed by atoms with van der Waals surface area (Å²) in [6.07, 6.45) is 6.99. The van der Waals surface area contributed by atoms with Gasteiger partial charge in [-0.05, 0) is 12.8 Å². The highest BCUT2D eigenvalue weighted by Gasteiger charge is 2.14. The summed E-state index contributed by atoms with van der Waals surface area (Å²) in [6.45, 7) is 1.48. The van der Waals surface area contributed by atoms with E-state index < -0.39 is 0 Å². The summed E-state index contributed by atoms with van der Waals surface area (Å²) in [5, 5.41) is 3.19. The first-order chi connectivity index (χ1) is 8.38. The van der Waals surface area contributed by atoms with Gasteiger partial charge in [0.15, 0.2) is 0 Å². The van der Waals surface area contributed by atoms with Crippen LogP contribution >= 0.6 is 0 Å². The molecule has 0 aromatic carbocycles. The van der Waals surface area contributed by atoms with Crippen molar-refractivity contribution < 1.29 is 9.47 Å². The molecule has 1 aromatic heterocycles. The summed E-state index contributed by atoms with van der Waals surface area (Å²) < 4.78 is 10.8. The van der Waals surface area contributed by atoms with Crippen LogP contribution in [0.3, 0.4) is 0 Å². The molecule has 0 atom stereocenters. The van der Waals surface area contributed by atoms with Gasteiger partial charge in [-0.1, -0.05) is 12.8 Å². The molecule has 1 aliphatic carbocycles. The summed E-state index contributed by atoms with van der Waals surface area (Å²) in [5.41, 5.74) is 0. The second kappa shape index (κ2) is 6.39. The molecule has 0 spiro atoms. The molecule has 2 rings (SSSR count). The van der Waals surface area contributed by atoms with E-state index in [1.54, 1.807) is 13.2 Å². The quantitative estimate of drug-likeness (QED) is 0.765. The molecule has 1 heterocycles. The predicted octanol–water partition coefficient (Wildman–Crippen LogP) is 1.86. The average molecular weight is 237 g/mol. The Labute approximate surface area is 102 Å². The summed E-state index contributed by atoms with van der Waals surface area (Å²) in [5.74, 6) is 1.34. The van der Waals surface area contributed by atoms with Crippen LogP contribution in [-0.4, -0.2) is 36.3 Å². The van der Waals surface area contributed by atoms with Crippen LogP contribution in [0, 0.1) is 0 Å². The van der Waals surface area contributed by atoms with Crippen LogP contribution in [-0.2, 0) is 4.74 Å². The smallest absolute Gasteiger partial charge is 0.218 e. The van der Waals surface area contributed by atoms with E-state index in [9.17, 15) is 0 Å². The highest BCUT2D eigenvalue weighted by molar-refractivity contribution is 5.36. The van der Waals surface area contributed by atoms with Crippen molar-refractivity contribution in [3.05, 3.63) is 12.4 Å². The van der Waals surface area contributed by atoms with E-state index in [4.69, 9.17) is 9.47 Å². The highest BCUT2D eigenvalue weighted by atomic mass is 16.5. The topological polar surface area (TPSA) is 56.3 Å². The van der Waals surface area contributed by atoms with Crippen molar-refractivity contribution in [2.75, 3.05) is 25.6 Å². The molecular weight excluding hydrogens is 218 g/mol. The van der Waals surface area contributed by atoms with Crippen molar-refractivity contribution in [2.45, 2.75) is 31.8 Å². The minimum Gasteiger partial charge on any atom is -0.481 e. The van der Waals surface area contributed by atoms with E-state index in [1.165, 1.54) is 32.0 Å². The number of nitrogens with one attached hydrogen (secondary N) is 1. The lowest BCUT2D eigenvalue weighted by molar-refractivity contribution is 0.0658. The number of ether oxygens (including phenoxy) is 2. The van der Waals surface area contributed by atoms with Crippen molar-refractivity contribution in [3.63, 3.8) is 0 Å².